The smallest absolute Gasteiger partial charge is 0.258 e. The fourth-order valence-corrected chi connectivity index (χ4v) is 3.39. The third-order valence-corrected chi connectivity index (χ3v) is 4.54. The monoisotopic (exact) mass is 296 g/mol. The molecule has 0 spiro atoms. The summed E-state index contributed by atoms with van der Waals surface area (Å²) in [5.74, 6) is -0.677. The number of carbonyl (C=O) groups is 2. The molecule has 2 N–H and O–H groups in total. The fraction of sp³-hybridized carbons (Fsp3) is 0.294. The summed E-state index contributed by atoms with van der Waals surface area (Å²) in [7, 11) is 0. The molecule has 2 heterocycles. The molecule has 0 bridgehead atoms. The summed E-state index contributed by atoms with van der Waals surface area (Å²) in [6.45, 7) is 1.56. The minimum atomic E-state index is -0.339. The maximum atomic E-state index is 12.0. The van der Waals surface area contributed by atoms with Gasteiger partial charge in [-0.3, -0.25) is 14.9 Å². The summed E-state index contributed by atoms with van der Waals surface area (Å²) >= 11 is 0. The van der Waals surface area contributed by atoms with Crippen LogP contribution in [-0.4, -0.2) is 36.1 Å². The lowest BCUT2D eigenvalue weighted by Crippen LogP contribution is -2.37. The van der Waals surface area contributed by atoms with E-state index >= 15 is 0 Å². The van der Waals surface area contributed by atoms with Crippen LogP contribution in [-0.2, 0) is 0 Å². The van der Waals surface area contributed by atoms with Gasteiger partial charge in [-0.1, -0.05) is 12.1 Å². The highest BCUT2D eigenvalue weighted by atomic mass is 16.3. The molecule has 0 atom stereocenters. The Morgan fingerprint density at radius 2 is 1.68 bits per heavy atom. The van der Waals surface area contributed by atoms with Crippen LogP contribution in [0.25, 0.3) is 10.8 Å². The summed E-state index contributed by atoms with van der Waals surface area (Å²) in [6.07, 6.45) is 1.24. The molecule has 5 heteroatoms. The number of piperidine rings is 1. The number of rotatable bonds is 1. The van der Waals surface area contributed by atoms with E-state index in [9.17, 15) is 14.7 Å². The van der Waals surface area contributed by atoms with E-state index in [0.29, 0.717) is 11.1 Å². The first-order chi connectivity index (χ1) is 10.6. The van der Waals surface area contributed by atoms with Gasteiger partial charge in [0.25, 0.3) is 11.8 Å². The average Bonchev–Trinajstić information content (AvgIpc) is 2.53. The topological polar surface area (TPSA) is 69.6 Å². The molecule has 4 rings (SSSR count). The Balaban J connectivity index is 1.91. The van der Waals surface area contributed by atoms with Gasteiger partial charge in [0, 0.05) is 40.7 Å². The Bertz CT molecular complexity index is 772. The van der Waals surface area contributed by atoms with Gasteiger partial charge in [-0.15, -0.1) is 0 Å². The highest BCUT2D eigenvalue weighted by Crippen LogP contribution is 2.34. The van der Waals surface area contributed by atoms with Crippen LogP contribution in [0.5, 0.6) is 0 Å². The molecule has 0 aromatic heterocycles. The molecular formula is C17H16N2O3. The van der Waals surface area contributed by atoms with Crippen molar-refractivity contribution >= 4 is 28.3 Å². The van der Waals surface area contributed by atoms with E-state index in [0.717, 1.165) is 42.4 Å². The van der Waals surface area contributed by atoms with Crippen LogP contribution in [0, 0.1) is 0 Å². The van der Waals surface area contributed by atoms with Crippen LogP contribution in [0.2, 0.25) is 0 Å². The van der Waals surface area contributed by atoms with Gasteiger partial charge >= 0.3 is 0 Å². The van der Waals surface area contributed by atoms with Crippen molar-refractivity contribution in [3.8, 4) is 0 Å². The molecular weight excluding hydrogens is 280 g/mol. The molecule has 0 radical (unpaired) electrons. The van der Waals surface area contributed by atoms with Crippen LogP contribution in [0.15, 0.2) is 30.3 Å². The lowest BCUT2D eigenvalue weighted by atomic mass is 9.93. The zero-order valence-corrected chi connectivity index (χ0v) is 12.0. The van der Waals surface area contributed by atoms with E-state index in [1.165, 1.54) is 0 Å². The van der Waals surface area contributed by atoms with Crippen molar-refractivity contribution in [1.82, 2.24) is 5.32 Å². The second-order valence-electron chi connectivity index (χ2n) is 5.86. The normalized spacial score (nSPS) is 18.7. The fourth-order valence-electron chi connectivity index (χ4n) is 3.39. The molecule has 0 aliphatic carbocycles. The van der Waals surface area contributed by atoms with Crippen LogP contribution in [0.4, 0.5) is 5.69 Å². The van der Waals surface area contributed by atoms with Gasteiger partial charge in [-0.2, -0.15) is 0 Å². The number of aliphatic hydroxyl groups excluding tert-OH is 1. The van der Waals surface area contributed by atoms with Crippen molar-refractivity contribution in [1.29, 1.82) is 0 Å². The van der Waals surface area contributed by atoms with E-state index in [-0.39, 0.29) is 17.9 Å². The van der Waals surface area contributed by atoms with E-state index in [4.69, 9.17) is 0 Å². The quantitative estimate of drug-likeness (QED) is 0.786. The van der Waals surface area contributed by atoms with Crippen molar-refractivity contribution in [3.05, 3.63) is 41.5 Å². The molecule has 2 aromatic carbocycles. The van der Waals surface area contributed by atoms with Crippen molar-refractivity contribution in [3.63, 3.8) is 0 Å². The number of amides is 2. The lowest BCUT2D eigenvalue weighted by molar-refractivity contribution is 0.0845. The Kier molecular flexibility index (Phi) is 2.90. The third-order valence-electron chi connectivity index (χ3n) is 4.54. The van der Waals surface area contributed by atoms with Gasteiger partial charge < -0.3 is 10.0 Å². The molecule has 2 aliphatic heterocycles. The summed E-state index contributed by atoms with van der Waals surface area (Å²) < 4.78 is 0. The van der Waals surface area contributed by atoms with Crippen molar-refractivity contribution in [2.24, 2.45) is 0 Å². The Morgan fingerprint density at radius 3 is 2.41 bits per heavy atom. The number of nitrogens with one attached hydrogen (secondary N) is 1. The second kappa shape index (κ2) is 4.81. The minimum absolute atomic E-state index is 0.233. The van der Waals surface area contributed by atoms with E-state index in [1.807, 2.05) is 18.2 Å². The molecule has 2 amide bonds. The minimum Gasteiger partial charge on any atom is -0.393 e. The van der Waals surface area contributed by atoms with Crippen LogP contribution in [0.1, 0.15) is 33.6 Å². The summed E-state index contributed by atoms with van der Waals surface area (Å²) in [5.41, 5.74) is 2.12. The Labute approximate surface area is 127 Å². The molecule has 2 aliphatic rings. The lowest BCUT2D eigenvalue weighted by Gasteiger charge is -2.33. The number of anilines is 1. The number of nitrogens with zero attached hydrogens (tertiary/aromatic N) is 1. The predicted octanol–water partition coefficient (Wildman–Crippen LogP) is 1.68. The number of hydrogen-bond donors (Lipinski definition) is 2. The highest BCUT2D eigenvalue weighted by Gasteiger charge is 2.27. The molecule has 0 unspecified atom stereocenters. The van der Waals surface area contributed by atoms with Crippen LogP contribution in [0.3, 0.4) is 0 Å². The number of carbonyl (C=O) groups excluding carboxylic acids is 2. The Morgan fingerprint density at radius 1 is 1.00 bits per heavy atom. The molecule has 1 saturated heterocycles. The van der Waals surface area contributed by atoms with Crippen molar-refractivity contribution < 1.29 is 14.7 Å². The van der Waals surface area contributed by atoms with E-state index < -0.39 is 0 Å². The van der Waals surface area contributed by atoms with Crippen LogP contribution < -0.4 is 10.2 Å². The number of imide groups is 1. The van der Waals surface area contributed by atoms with Crippen molar-refractivity contribution in [2.45, 2.75) is 18.9 Å². The highest BCUT2D eigenvalue weighted by molar-refractivity contribution is 6.26. The first-order valence-corrected chi connectivity index (χ1v) is 7.49. The first-order valence-electron chi connectivity index (χ1n) is 7.49. The SMILES string of the molecule is O=C1NC(=O)c2ccc(N3CCC(O)CC3)c3cccc1c23. The van der Waals surface area contributed by atoms with Gasteiger partial charge in [-0.05, 0) is 31.0 Å². The molecule has 5 nitrogen and oxygen atoms in total. The van der Waals surface area contributed by atoms with Gasteiger partial charge in [0.1, 0.15) is 0 Å². The molecule has 0 saturated carbocycles. The number of benzene rings is 2. The first kappa shape index (κ1) is 13.3. The largest absolute Gasteiger partial charge is 0.393 e. The maximum Gasteiger partial charge on any atom is 0.258 e. The molecule has 22 heavy (non-hydrogen) atoms. The van der Waals surface area contributed by atoms with Gasteiger partial charge in [0.15, 0.2) is 0 Å². The van der Waals surface area contributed by atoms with Gasteiger partial charge in [0.2, 0.25) is 0 Å². The second-order valence-corrected chi connectivity index (χ2v) is 5.86. The zero-order chi connectivity index (χ0) is 15.3. The van der Waals surface area contributed by atoms with E-state index in [1.54, 1.807) is 12.1 Å². The van der Waals surface area contributed by atoms with Gasteiger partial charge in [0.05, 0.1) is 6.10 Å². The molecule has 112 valence electrons. The zero-order valence-electron chi connectivity index (χ0n) is 12.0. The number of aliphatic hydroxyl groups is 1. The average molecular weight is 296 g/mol. The number of hydrogen-bond acceptors (Lipinski definition) is 4. The predicted molar refractivity (Wildman–Crippen MR) is 83.2 cm³/mol. The standard InChI is InChI=1S/C17H16N2O3/c20-10-6-8-19(9-7-10)14-5-4-13-15-11(14)2-1-3-12(15)16(21)18-17(13)22/h1-5,10,20H,6-9H2,(H,18,21,22). The summed E-state index contributed by atoms with van der Waals surface area (Å²) in [5, 5.41) is 13.7. The molecule has 2 aromatic rings. The maximum absolute atomic E-state index is 12.0. The summed E-state index contributed by atoms with van der Waals surface area (Å²) in [4.78, 5) is 26.3. The van der Waals surface area contributed by atoms with Gasteiger partial charge in [-0.25, -0.2) is 0 Å². The Hall–Kier alpha value is -2.40. The van der Waals surface area contributed by atoms with Crippen LogP contribution >= 0.6 is 0 Å². The third kappa shape index (κ3) is 1.89. The molecule has 1 fully saturated rings. The van der Waals surface area contributed by atoms with Crippen molar-refractivity contribution in [2.75, 3.05) is 18.0 Å². The summed E-state index contributed by atoms with van der Waals surface area (Å²) in [6, 6.07) is 9.27. The van der Waals surface area contributed by atoms with E-state index in [2.05, 4.69) is 10.2 Å².